The minimum Gasteiger partial charge on any atom is -0.309 e. The first-order valence-corrected chi connectivity index (χ1v) is 10.4. The summed E-state index contributed by atoms with van der Waals surface area (Å²) in [4.78, 5) is 9.23. The zero-order valence-corrected chi connectivity index (χ0v) is 17.3. The lowest BCUT2D eigenvalue weighted by atomic mass is 10.1. The van der Waals surface area contributed by atoms with Gasteiger partial charge in [0.05, 0.1) is 11.4 Å². The monoisotopic (exact) mass is 390 g/mol. The van der Waals surface area contributed by atoms with E-state index < -0.39 is 0 Å². The Balaban J connectivity index is 1.47. The Bertz CT molecular complexity index is 884. The highest BCUT2D eigenvalue weighted by molar-refractivity contribution is 5.62. The maximum absolute atomic E-state index is 4.87. The van der Waals surface area contributed by atoms with Crippen LogP contribution in [0.2, 0.25) is 0 Å². The molecule has 1 N–H and O–H groups in total. The minimum absolute atomic E-state index is 0.417. The van der Waals surface area contributed by atoms with Gasteiger partial charge in [-0.1, -0.05) is 18.2 Å². The van der Waals surface area contributed by atoms with E-state index in [1.54, 1.807) is 6.20 Å². The summed E-state index contributed by atoms with van der Waals surface area (Å²) in [7, 11) is 2.20. The van der Waals surface area contributed by atoms with Crippen molar-refractivity contribution in [2.24, 2.45) is 0 Å². The topological polar surface area (TPSA) is 49.2 Å². The van der Waals surface area contributed by atoms with Crippen LogP contribution in [0.15, 0.2) is 61.1 Å². The standard InChI is InChI=1S/C23H30N6/c1-19(17-28-13-11-27(2)12-14-28)25-16-21-18-29(22-8-4-3-5-9-22)26-23(21)20-7-6-10-24-15-20/h3-10,15,18-19,25H,11-14,16-17H2,1-2H3. The normalized spacial score (nSPS) is 16.8. The van der Waals surface area contributed by atoms with Crippen molar-refractivity contribution in [3.63, 3.8) is 0 Å². The highest BCUT2D eigenvalue weighted by atomic mass is 15.3. The lowest BCUT2D eigenvalue weighted by molar-refractivity contribution is 0.144. The summed E-state index contributed by atoms with van der Waals surface area (Å²) < 4.78 is 1.96. The maximum atomic E-state index is 4.87. The molecule has 6 heteroatoms. The van der Waals surface area contributed by atoms with Crippen molar-refractivity contribution in [3.8, 4) is 16.9 Å². The number of pyridine rings is 1. The lowest BCUT2D eigenvalue weighted by Crippen LogP contribution is -2.48. The van der Waals surface area contributed by atoms with Crippen molar-refractivity contribution < 1.29 is 0 Å². The molecular formula is C23H30N6. The van der Waals surface area contributed by atoms with Gasteiger partial charge in [0.15, 0.2) is 0 Å². The molecule has 0 saturated carbocycles. The molecule has 3 aromatic rings. The second kappa shape index (κ2) is 9.31. The highest BCUT2D eigenvalue weighted by Crippen LogP contribution is 2.23. The second-order valence-electron chi connectivity index (χ2n) is 7.91. The summed E-state index contributed by atoms with van der Waals surface area (Å²) in [6, 6.07) is 14.7. The molecule has 3 heterocycles. The Morgan fingerprint density at radius 1 is 1.03 bits per heavy atom. The quantitative estimate of drug-likeness (QED) is 0.672. The summed E-state index contributed by atoms with van der Waals surface area (Å²) in [6.07, 6.45) is 5.82. The van der Waals surface area contributed by atoms with Crippen LogP contribution < -0.4 is 5.32 Å². The summed E-state index contributed by atoms with van der Waals surface area (Å²) >= 11 is 0. The predicted octanol–water partition coefficient (Wildman–Crippen LogP) is 2.66. The van der Waals surface area contributed by atoms with Crippen LogP contribution in [-0.2, 0) is 6.54 Å². The van der Waals surface area contributed by atoms with Crippen LogP contribution in [-0.4, -0.2) is 70.4 Å². The number of aromatic nitrogens is 3. The van der Waals surface area contributed by atoms with Gasteiger partial charge in [-0.15, -0.1) is 0 Å². The Kier molecular flexibility index (Phi) is 6.34. The first-order valence-electron chi connectivity index (χ1n) is 10.4. The van der Waals surface area contributed by atoms with Crippen LogP contribution in [0.5, 0.6) is 0 Å². The molecule has 1 aromatic carbocycles. The van der Waals surface area contributed by atoms with Gasteiger partial charge in [-0.2, -0.15) is 5.10 Å². The van der Waals surface area contributed by atoms with Crippen LogP contribution in [0.25, 0.3) is 16.9 Å². The first-order chi connectivity index (χ1) is 14.2. The van der Waals surface area contributed by atoms with E-state index in [1.165, 1.54) is 5.56 Å². The minimum atomic E-state index is 0.417. The molecule has 1 aliphatic rings. The number of hydrogen-bond acceptors (Lipinski definition) is 5. The maximum Gasteiger partial charge on any atom is 0.0988 e. The zero-order valence-electron chi connectivity index (χ0n) is 17.3. The van der Waals surface area contributed by atoms with Crippen molar-refractivity contribution >= 4 is 0 Å². The van der Waals surface area contributed by atoms with Crippen LogP contribution >= 0.6 is 0 Å². The number of hydrogen-bond donors (Lipinski definition) is 1. The Morgan fingerprint density at radius 3 is 2.55 bits per heavy atom. The Morgan fingerprint density at radius 2 is 1.83 bits per heavy atom. The Labute approximate surface area is 173 Å². The summed E-state index contributed by atoms with van der Waals surface area (Å²) in [5.41, 5.74) is 4.29. The van der Waals surface area contributed by atoms with Gasteiger partial charge in [-0.25, -0.2) is 4.68 Å². The van der Waals surface area contributed by atoms with Crippen LogP contribution in [0.3, 0.4) is 0 Å². The molecule has 1 atom stereocenters. The molecule has 2 aromatic heterocycles. The first kappa shape index (κ1) is 19.8. The average molecular weight is 391 g/mol. The summed E-state index contributed by atoms with van der Waals surface area (Å²) in [6.45, 7) is 8.73. The number of piperazine rings is 1. The van der Waals surface area contributed by atoms with Gasteiger partial charge in [-0.05, 0) is 38.2 Å². The van der Waals surface area contributed by atoms with E-state index in [-0.39, 0.29) is 0 Å². The number of para-hydroxylation sites is 1. The van der Waals surface area contributed by atoms with E-state index in [2.05, 4.69) is 58.5 Å². The Hall–Kier alpha value is -2.54. The van der Waals surface area contributed by atoms with E-state index in [1.807, 2.05) is 35.1 Å². The molecule has 0 radical (unpaired) electrons. The van der Waals surface area contributed by atoms with Gasteiger partial charge in [0.2, 0.25) is 0 Å². The molecule has 1 saturated heterocycles. The van der Waals surface area contributed by atoms with E-state index in [0.29, 0.717) is 6.04 Å². The van der Waals surface area contributed by atoms with Gasteiger partial charge in [0, 0.05) is 75.0 Å². The lowest BCUT2D eigenvalue weighted by Gasteiger charge is -2.34. The predicted molar refractivity (Wildman–Crippen MR) is 117 cm³/mol. The molecular weight excluding hydrogens is 360 g/mol. The second-order valence-corrected chi connectivity index (χ2v) is 7.91. The average Bonchev–Trinajstić information content (AvgIpc) is 3.20. The van der Waals surface area contributed by atoms with Crippen molar-refractivity contribution in [1.29, 1.82) is 0 Å². The smallest absolute Gasteiger partial charge is 0.0988 e. The van der Waals surface area contributed by atoms with Crippen LogP contribution in [0.1, 0.15) is 12.5 Å². The van der Waals surface area contributed by atoms with Gasteiger partial charge in [0.1, 0.15) is 0 Å². The van der Waals surface area contributed by atoms with Crippen molar-refractivity contribution in [1.82, 2.24) is 29.9 Å². The third-order valence-corrected chi connectivity index (χ3v) is 5.51. The number of likely N-dealkylation sites (N-methyl/N-ethyl adjacent to an activating group) is 1. The number of nitrogens with zero attached hydrogens (tertiary/aromatic N) is 5. The largest absolute Gasteiger partial charge is 0.309 e. The van der Waals surface area contributed by atoms with E-state index in [4.69, 9.17) is 5.10 Å². The SMILES string of the molecule is CC(CN1CCN(C)CC1)NCc1cn(-c2ccccc2)nc1-c1cccnc1. The van der Waals surface area contributed by atoms with Crippen molar-refractivity contribution in [2.75, 3.05) is 39.8 Å². The van der Waals surface area contributed by atoms with E-state index >= 15 is 0 Å². The molecule has 0 spiro atoms. The molecule has 152 valence electrons. The van der Waals surface area contributed by atoms with Gasteiger partial charge in [0.25, 0.3) is 0 Å². The summed E-state index contributed by atoms with van der Waals surface area (Å²) in [5, 5.41) is 8.58. The molecule has 1 fully saturated rings. The van der Waals surface area contributed by atoms with Crippen molar-refractivity contribution in [3.05, 3.63) is 66.6 Å². The summed E-state index contributed by atoms with van der Waals surface area (Å²) in [5.74, 6) is 0. The molecule has 1 unspecified atom stereocenters. The number of nitrogens with one attached hydrogen (secondary N) is 1. The fourth-order valence-corrected chi connectivity index (χ4v) is 3.76. The van der Waals surface area contributed by atoms with E-state index in [0.717, 1.165) is 56.2 Å². The fourth-order valence-electron chi connectivity index (χ4n) is 3.76. The molecule has 0 amide bonds. The molecule has 0 aliphatic carbocycles. The van der Waals surface area contributed by atoms with Crippen LogP contribution in [0.4, 0.5) is 0 Å². The third-order valence-electron chi connectivity index (χ3n) is 5.51. The van der Waals surface area contributed by atoms with Crippen LogP contribution in [0, 0.1) is 0 Å². The van der Waals surface area contributed by atoms with Gasteiger partial charge >= 0.3 is 0 Å². The molecule has 0 bridgehead atoms. The third kappa shape index (κ3) is 5.09. The molecule has 4 rings (SSSR count). The number of benzene rings is 1. The molecule has 6 nitrogen and oxygen atoms in total. The highest BCUT2D eigenvalue weighted by Gasteiger charge is 2.17. The molecule has 1 aliphatic heterocycles. The number of rotatable bonds is 7. The van der Waals surface area contributed by atoms with Gasteiger partial charge in [-0.3, -0.25) is 9.88 Å². The zero-order chi connectivity index (χ0) is 20.1. The van der Waals surface area contributed by atoms with E-state index in [9.17, 15) is 0 Å². The van der Waals surface area contributed by atoms with Crippen molar-refractivity contribution in [2.45, 2.75) is 19.5 Å². The fraction of sp³-hybridized carbons (Fsp3) is 0.391. The molecule has 29 heavy (non-hydrogen) atoms. The van der Waals surface area contributed by atoms with Gasteiger partial charge < -0.3 is 10.2 Å².